The van der Waals surface area contributed by atoms with E-state index in [0.29, 0.717) is 5.56 Å². The lowest BCUT2D eigenvalue weighted by Crippen LogP contribution is -2.33. The normalized spacial score (nSPS) is 16.3. The molecule has 0 spiro atoms. The number of nitrogens with one attached hydrogen (secondary N) is 1. The number of carbonyl (C=O) groups excluding carboxylic acids is 1. The predicted molar refractivity (Wildman–Crippen MR) is 98.2 cm³/mol. The Morgan fingerprint density at radius 2 is 1.92 bits per heavy atom. The van der Waals surface area contributed by atoms with Crippen LogP contribution in [-0.4, -0.2) is 28.1 Å². The van der Waals surface area contributed by atoms with Gasteiger partial charge in [-0.05, 0) is 54.2 Å². The number of H-pyrrole nitrogens is 1. The van der Waals surface area contributed by atoms with Crippen molar-refractivity contribution < 1.29 is 4.79 Å². The molecule has 126 valence electrons. The van der Waals surface area contributed by atoms with Crippen molar-refractivity contribution >= 4 is 5.91 Å². The summed E-state index contributed by atoms with van der Waals surface area (Å²) in [6.07, 6.45) is 4.97. The van der Waals surface area contributed by atoms with E-state index in [2.05, 4.69) is 34.5 Å². The Morgan fingerprint density at radius 1 is 1.12 bits per heavy atom. The van der Waals surface area contributed by atoms with Crippen molar-refractivity contribution in [3.63, 3.8) is 0 Å². The molecule has 0 unspecified atom stereocenters. The van der Waals surface area contributed by atoms with Gasteiger partial charge in [0, 0.05) is 18.8 Å². The maximum absolute atomic E-state index is 13.0. The summed E-state index contributed by atoms with van der Waals surface area (Å²) >= 11 is 0. The highest BCUT2D eigenvalue weighted by Crippen LogP contribution is 2.34. The molecule has 4 rings (SSSR count). The maximum atomic E-state index is 13.0. The number of aryl methyl sites for hydroxylation is 1. The monoisotopic (exact) mass is 331 g/mol. The zero-order valence-corrected chi connectivity index (χ0v) is 14.3. The van der Waals surface area contributed by atoms with Gasteiger partial charge in [-0.25, -0.2) is 0 Å². The molecule has 0 bridgehead atoms. The van der Waals surface area contributed by atoms with Gasteiger partial charge in [0.1, 0.15) is 0 Å². The summed E-state index contributed by atoms with van der Waals surface area (Å²) < 4.78 is 0. The summed E-state index contributed by atoms with van der Waals surface area (Å²) in [7, 11) is 1.91. The molecule has 1 heterocycles. The second kappa shape index (κ2) is 6.55. The smallest absolute Gasteiger partial charge is 0.254 e. The number of aromatic amines is 1. The molecule has 0 saturated heterocycles. The van der Waals surface area contributed by atoms with Crippen molar-refractivity contribution in [2.24, 2.45) is 0 Å². The summed E-state index contributed by atoms with van der Waals surface area (Å²) in [5.41, 5.74) is 5.36. The molecule has 4 nitrogen and oxygen atoms in total. The van der Waals surface area contributed by atoms with Gasteiger partial charge in [0.15, 0.2) is 0 Å². The molecule has 1 aliphatic carbocycles. The van der Waals surface area contributed by atoms with Gasteiger partial charge in [-0.3, -0.25) is 9.89 Å². The fraction of sp³-hybridized carbons (Fsp3) is 0.238. The van der Waals surface area contributed by atoms with E-state index in [1.165, 1.54) is 11.1 Å². The van der Waals surface area contributed by atoms with E-state index in [-0.39, 0.29) is 11.9 Å². The van der Waals surface area contributed by atoms with E-state index in [1.54, 1.807) is 6.20 Å². The topological polar surface area (TPSA) is 49.0 Å². The van der Waals surface area contributed by atoms with Crippen LogP contribution in [0.5, 0.6) is 0 Å². The molecular formula is C21H21N3O. The molecule has 1 N–H and O–H groups in total. The minimum atomic E-state index is 0.0675. The lowest BCUT2D eigenvalue weighted by Gasteiger charge is -2.33. The molecule has 0 saturated carbocycles. The third kappa shape index (κ3) is 2.95. The fourth-order valence-electron chi connectivity index (χ4n) is 3.68. The van der Waals surface area contributed by atoms with Crippen LogP contribution in [0.1, 0.15) is 40.4 Å². The van der Waals surface area contributed by atoms with Crippen molar-refractivity contribution in [3.8, 4) is 11.3 Å². The fourth-order valence-corrected chi connectivity index (χ4v) is 3.68. The van der Waals surface area contributed by atoms with Gasteiger partial charge in [-0.1, -0.05) is 36.4 Å². The van der Waals surface area contributed by atoms with Gasteiger partial charge in [0.25, 0.3) is 5.91 Å². The van der Waals surface area contributed by atoms with Crippen LogP contribution in [-0.2, 0) is 6.42 Å². The molecular weight excluding hydrogens is 310 g/mol. The average Bonchev–Trinajstić information content (AvgIpc) is 3.21. The summed E-state index contributed by atoms with van der Waals surface area (Å²) in [6.45, 7) is 0. The highest BCUT2D eigenvalue weighted by atomic mass is 16.2. The minimum Gasteiger partial charge on any atom is -0.335 e. The number of benzene rings is 2. The Hall–Kier alpha value is -2.88. The third-order valence-electron chi connectivity index (χ3n) is 5.07. The van der Waals surface area contributed by atoms with E-state index < -0.39 is 0 Å². The predicted octanol–water partition coefficient (Wildman–Crippen LogP) is 4.23. The zero-order chi connectivity index (χ0) is 17.2. The summed E-state index contributed by atoms with van der Waals surface area (Å²) in [5.74, 6) is 0.0675. The minimum absolute atomic E-state index is 0.0675. The van der Waals surface area contributed by atoms with Crippen LogP contribution >= 0.6 is 0 Å². The molecule has 3 aromatic rings. The van der Waals surface area contributed by atoms with Gasteiger partial charge in [-0.2, -0.15) is 5.10 Å². The highest BCUT2D eigenvalue weighted by Gasteiger charge is 2.27. The summed E-state index contributed by atoms with van der Waals surface area (Å²) in [5, 5.41) is 6.91. The van der Waals surface area contributed by atoms with E-state index >= 15 is 0 Å². The van der Waals surface area contributed by atoms with Crippen molar-refractivity contribution in [2.75, 3.05) is 7.05 Å². The van der Waals surface area contributed by atoms with Crippen LogP contribution in [0.15, 0.2) is 60.8 Å². The molecule has 4 heteroatoms. The standard InChI is InChI=1S/C21H21N3O/c1-24(20-8-4-6-15-5-2-3-7-18(15)20)21(25)17-11-9-16(10-12-17)19-13-14-22-23-19/h2-3,5,7,9-14,20H,4,6,8H2,1H3,(H,22,23)/t20-/m1/s1. The lowest BCUT2D eigenvalue weighted by atomic mass is 9.87. The highest BCUT2D eigenvalue weighted by molar-refractivity contribution is 5.94. The number of carbonyl (C=O) groups is 1. The molecule has 1 atom stereocenters. The van der Waals surface area contributed by atoms with Gasteiger partial charge < -0.3 is 4.90 Å². The van der Waals surface area contributed by atoms with Crippen molar-refractivity contribution in [3.05, 3.63) is 77.5 Å². The van der Waals surface area contributed by atoms with Crippen LogP contribution in [0, 0.1) is 0 Å². The number of hydrogen-bond donors (Lipinski definition) is 1. The third-order valence-corrected chi connectivity index (χ3v) is 5.07. The number of amides is 1. The Morgan fingerprint density at radius 3 is 2.68 bits per heavy atom. The van der Waals surface area contributed by atoms with Crippen LogP contribution in [0.3, 0.4) is 0 Å². The number of nitrogens with zero attached hydrogens (tertiary/aromatic N) is 2. The van der Waals surface area contributed by atoms with Gasteiger partial charge >= 0.3 is 0 Å². The number of fused-ring (bicyclic) bond motifs is 1. The molecule has 1 aromatic heterocycles. The van der Waals surface area contributed by atoms with Crippen LogP contribution in [0.4, 0.5) is 0 Å². The van der Waals surface area contributed by atoms with Crippen molar-refractivity contribution in [1.82, 2.24) is 15.1 Å². The van der Waals surface area contributed by atoms with Gasteiger partial charge in [-0.15, -0.1) is 0 Å². The number of hydrogen-bond acceptors (Lipinski definition) is 2. The summed E-state index contributed by atoms with van der Waals surface area (Å²) in [4.78, 5) is 14.8. The van der Waals surface area contributed by atoms with Crippen molar-refractivity contribution in [1.29, 1.82) is 0 Å². The maximum Gasteiger partial charge on any atom is 0.254 e. The van der Waals surface area contributed by atoms with E-state index in [4.69, 9.17) is 0 Å². The molecule has 1 amide bonds. The Kier molecular flexibility index (Phi) is 4.10. The SMILES string of the molecule is CN(C(=O)c1ccc(-c2ccn[nH]2)cc1)[C@@H]1CCCc2ccccc21. The molecule has 2 aromatic carbocycles. The van der Waals surface area contributed by atoms with Gasteiger partial charge in [0.2, 0.25) is 0 Å². The first-order valence-electron chi connectivity index (χ1n) is 8.69. The Bertz CT molecular complexity index is 868. The lowest BCUT2D eigenvalue weighted by molar-refractivity contribution is 0.0715. The second-order valence-electron chi connectivity index (χ2n) is 6.57. The molecule has 25 heavy (non-hydrogen) atoms. The first kappa shape index (κ1) is 15.6. The zero-order valence-electron chi connectivity index (χ0n) is 14.3. The number of aromatic nitrogens is 2. The van der Waals surface area contributed by atoms with Crippen molar-refractivity contribution in [2.45, 2.75) is 25.3 Å². The van der Waals surface area contributed by atoms with Gasteiger partial charge in [0.05, 0.1) is 11.7 Å². The molecule has 0 radical (unpaired) electrons. The largest absolute Gasteiger partial charge is 0.335 e. The van der Waals surface area contributed by atoms with Crippen LogP contribution in [0.25, 0.3) is 11.3 Å². The molecule has 0 aliphatic heterocycles. The van der Waals surface area contributed by atoms with Crippen LogP contribution in [0.2, 0.25) is 0 Å². The molecule has 1 aliphatic rings. The van der Waals surface area contributed by atoms with E-state index in [9.17, 15) is 4.79 Å². The summed E-state index contributed by atoms with van der Waals surface area (Å²) in [6, 6.07) is 18.3. The second-order valence-corrected chi connectivity index (χ2v) is 6.57. The average molecular weight is 331 g/mol. The first-order valence-corrected chi connectivity index (χ1v) is 8.69. The van der Waals surface area contributed by atoms with E-state index in [1.807, 2.05) is 42.3 Å². The number of rotatable bonds is 3. The molecule has 0 fully saturated rings. The Balaban J connectivity index is 1.57. The quantitative estimate of drug-likeness (QED) is 0.781. The van der Waals surface area contributed by atoms with E-state index in [0.717, 1.165) is 30.5 Å². The first-order chi connectivity index (χ1) is 12.2. The Labute approximate surface area is 147 Å². The van der Waals surface area contributed by atoms with Crippen LogP contribution < -0.4 is 0 Å².